The molecule has 0 aromatic carbocycles. The van der Waals surface area contributed by atoms with Crippen LogP contribution in [0.15, 0.2) is 0 Å². The van der Waals surface area contributed by atoms with Crippen molar-refractivity contribution in [2.75, 3.05) is 19.6 Å². The van der Waals surface area contributed by atoms with Gasteiger partial charge in [-0.25, -0.2) is 0 Å². The molecule has 2 atom stereocenters. The van der Waals surface area contributed by atoms with Crippen LogP contribution in [-0.4, -0.2) is 40.4 Å². The van der Waals surface area contributed by atoms with E-state index in [1.165, 1.54) is 42.9 Å². The summed E-state index contributed by atoms with van der Waals surface area (Å²) in [5.41, 5.74) is 3.92. The zero-order valence-corrected chi connectivity index (χ0v) is 14.6. The molecule has 1 aliphatic rings. The lowest BCUT2D eigenvalue weighted by Gasteiger charge is -2.37. The molecule has 2 unspecified atom stereocenters. The molecule has 1 aliphatic heterocycles. The number of nitrogens with zero attached hydrogens (tertiary/aromatic N) is 3. The fraction of sp³-hybridized carbons (Fsp3) is 0.824. The van der Waals surface area contributed by atoms with Crippen molar-refractivity contribution in [3.8, 4) is 0 Å². The number of aromatic nitrogens is 2. The minimum atomic E-state index is 0.473. The van der Waals surface area contributed by atoms with E-state index in [-0.39, 0.29) is 0 Å². The van der Waals surface area contributed by atoms with E-state index < -0.39 is 0 Å². The van der Waals surface area contributed by atoms with Crippen molar-refractivity contribution in [3.05, 3.63) is 17.0 Å². The van der Waals surface area contributed by atoms with Crippen molar-refractivity contribution >= 4 is 0 Å². The Bertz CT molecular complexity index is 464. The number of nitrogens with one attached hydrogen (secondary N) is 1. The zero-order valence-electron chi connectivity index (χ0n) is 14.6. The molecule has 1 fully saturated rings. The van der Waals surface area contributed by atoms with Gasteiger partial charge in [-0.15, -0.1) is 0 Å². The summed E-state index contributed by atoms with van der Waals surface area (Å²) >= 11 is 0. The largest absolute Gasteiger partial charge is 0.314 e. The summed E-state index contributed by atoms with van der Waals surface area (Å²) in [7, 11) is 2.05. The first-order valence-corrected chi connectivity index (χ1v) is 8.37. The molecule has 2 rings (SSSR count). The van der Waals surface area contributed by atoms with Gasteiger partial charge < -0.3 is 5.32 Å². The Kier molecular flexibility index (Phi) is 5.44. The summed E-state index contributed by atoms with van der Waals surface area (Å²) in [6.07, 6.45) is 2.67. The highest BCUT2D eigenvalue weighted by Crippen LogP contribution is 2.30. The van der Waals surface area contributed by atoms with E-state index in [1.54, 1.807) is 0 Å². The minimum absolute atomic E-state index is 0.473. The van der Waals surface area contributed by atoms with Crippen LogP contribution in [0.5, 0.6) is 0 Å². The van der Waals surface area contributed by atoms with Crippen LogP contribution in [0.1, 0.15) is 56.6 Å². The van der Waals surface area contributed by atoms with E-state index in [2.05, 4.69) is 49.9 Å². The molecule has 4 nitrogen and oxygen atoms in total. The van der Waals surface area contributed by atoms with E-state index in [9.17, 15) is 0 Å². The van der Waals surface area contributed by atoms with Crippen LogP contribution in [0.2, 0.25) is 0 Å². The van der Waals surface area contributed by atoms with Crippen LogP contribution in [0, 0.1) is 19.8 Å². The lowest BCUT2D eigenvalue weighted by Crippen LogP contribution is -2.42. The van der Waals surface area contributed by atoms with E-state index >= 15 is 0 Å². The standard InChI is InChI=1S/C17H32N4/c1-12(2)18-10-16-8-7-9-21(11-16)15(5)17-13(3)19-20(6)14(17)4/h12,15-16,18H,7-11H2,1-6H3. The number of hydrogen-bond acceptors (Lipinski definition) is 3. The van der Waals surface area contributed by atoms with Crippen LogP contribution in [0.3, 0.4) is 0 Å². The smallest absolute Gasteiger partial charge is 0.0644 e. The number of piperidine rings is 1. The van der Waals surface area contributed by atoms with E-state index in [4.69, 9.17) is 0 Å². The van der Waals surface area contributed by atoms with E-state index in [0.29, 0.717) is 12.1 Å². The molecule has 1 saturated heterocycles. The average molecular weight is 292 g/mol. The number of rotatable bonds is 5. The molecule has 0 radical (unpaired) electrons. The van der Waals surface area contributed by atoms with Crippen LogP contribution < -0.4 is 5.32 Å². The second-order valence-corrected chi connectivity index (χ2v) is 6.95. The maximum absolute atomic E-state index is 4.58. The molecule has 1 aromatic heterocycles. The first-order valence-electron chi connectivity index (χ1n) is 8.37. The van der Waals surface area contributed by atoms with Crippen LogP contribution in [0.25, 0.3) is 0 Å². The summed E-state index contributed by atoms with van der Waals surface area (Å²) in [4.78, 5) is 2.65. The maximum atomic E-state index is 4.58. The number of hydrogen-bond donors (Lipinski definition) is 1. The summed E-state index contributed by atoms with van der Waals surface area (Å²) in [6, 6.07) is 1.06. The molecule has 0 amide bonds. The van der Waals surface area contributed by atoms with Gasteiger partial charge >= 0.3 is 0 Å². The topological polar surface area (TPSA) is 33.1 Å². The molecule has 120 valence electrons. The van der Waals surface area contributed by atoms with Gasteiger partial charge in [-0.1, -0.05) is 13.8 Å². The summed E-state index contributed by atoms with van der Waals surface area (Å²) in [5, 5.41) is 8.18. The van der Waals surface area contributed by atoms with Crippen molar-refractivity contribution in [1.29, 1.82) is 0 Å². The second kappa shape index (κ2) is 6.93. The van der Waals surface area contributed by atoms with Gasteiger partial charge in [0, 0.05) is 36.9 Å². The Morgan fingerprint density at radius 1 is 1.29 bits per heavy atom. The highest BCUT2D eigenvalue weighted by molar-refractivity contribution is 5.27. The third kappa shape index (κ3) is 3.86. The van der Waals surface area contributed by atoms with Crippen LogP contribution in [-0.2, 0) is 7.05 Å². The Balaban J connectivity index is 2.03. The predicted octanol–water partition coefficient (Wildman–Crippen LogP) is 2.81. The molecule has 0 saturated carbocycles. The Morgan fingerprint density at radius 2 is 2.00 bits per heavy atom. The van der Waals surface area contributed by atoms with Gasteiger partial charge in [0.1, 0.15) is 0 Å². The van der Waals surface area contributed by atoms with Gasteiger partial charge in [-0.3, -0.25) is 9.58 Å². The molecule has 4 heteroatoms. The first-order chi connectivity index (χ1) is 9.90. The molecule has 21 heavy (non-hydrogen) atoms. The highest BCUT2D eigenvalue weighted by Gasteiger charge is 2.27. The van der Waals surface area contributed by atoms with Crippen LogP contribution in [0.4, 0.5) is 0 Å². The van der Waals surface area contributed by atoms with Gasteiger partial charge in [0.15, 0.2) is 0 Å². The summed E-state index contributed by atoms with van der Waals surface area (Å²) < 4.78 is 2.02. The van der Waals surface area contributed by atoms with Gasteiger partial charge in [0.05, 0.1) is 5.69 Å². The summed E-state index contributed by atoms with van der Waals surface area (Å²) in [5.74, 6) is 0.779. The van der Waals surface area contributed by atoms with Crippen LogP contribution >= 0.6 is 0 Å². The molecule has 1 N–H and O–H groups in total. The number of aryl methyl sites for hydroxylation is 2. The van der Waals surface area contributed by atoms with Gasteiger partial charge in [-0.05, 0) is 52.6 Å². The normalized spacial score (nSPS) is 22.0. The van der Waals surface area contributed by atoms with Gasteiger partial charge in [0.25, 0.3) is 0 Å². The lowest BCUT2D eigenvalue weighted by atomic mass is 9.94. The molecule has 0 aliphatic carbocycles. The maximum Gasteiger partial charge on any atom is 0.0644 e. The predicted molar refractivity (Wildman–Crippen MR) is 88.5 cm³/mol. The highest BCUT2D eigenvalue weighted by atomic mass is 15.3. The van der Waals surface area contributed by atoms with E-state index in [0.717, 1.165) is 12.5 Å². The molecular formula is C17H32N4. The quantitative estimate of drug-likeness (QED) is 0.906. The molecular weight excluding hydrogens is 260 g/mol. The van der Waals surface area contributed by atoms with Gasteiger partial charge in [0.2, 0.25) is 0 Å². The summed E-state index contributed by atoms with van der Waals surface area (Å²) in [6.45, 7) is 14.7. The molecule has 1 aromatic rings. The van der Waals surface area contributed by atoms with Crippen molar-refractivity contribution in [2.24, 2.45) is 13.0 Å². The van der Waals surface area contributed by atoms with Crippen molar-refractivity contribution in [1.82, 2.24) is 20.0 Å². The molecule has 0 spiro atoms. The fourth-order valence-corrected chi connectivity index (χ4v) is 3.60. The third-order valence-corrected chi connectivity index (χ3v) is 4.90. The Morgan fingerprint density at radius 3 is 2.57 bits per heavy atom. The molecule has 0 bridgehead atoms. The Labute approximate surface area is 129 Å². The number of likely N-dealkylation sites (tertiary alicyclic amines) is 1. The fourth-order valence-electron chi connectivity index (χ4n) is 3.60. The first kappa shape index (κ1) is 16.5. The minimum Gasteiger partial charge on any atom is -0.314 e. The van der Waals surface area contributed by atoms with Gasteiger partial charge in [-0.2, -0.15) is 5.10 Å². The van der Waals surface area contributed by atoms with Crippen molar-refractivity contribution in [3.63, 3.8) is 0 Å². The second-order valence-electron chi connectivity index (χ2n) is 6.95. The Hall–Kier alpha value is -0.870. The zero-order chi connectivity index (χ0) is 15.6. The SMILES string of the molecule is Cc1nn(C)c(C)c1C(C)N1CCCC(CNC(C)C)C1. The lowest BCUT2D eigenvalue weighted by molar-refractivity contribution is 0.129. The monoisotopic (exact) mass is 292 g/mol. The average Bonchev–Trinajstić information content (AvgIpc) is 2.69. The third-order valence-electron chi connectivity index (χ3n) is 4.90. The van der Waals surface area contributed by atoms with E-state index in [1.807, 2.05) is 11.7 Å². The van der Waals surface area contributed by atoms with Crippen molar-refractivity contribution in [2.45, 2.75) is 59.5 Å². The van der Waals surface area contributed by atoms with Crippen molar-refractivity contribution < 1.29 is 0 Å². The molecule has 2 heterocycles.